The van der Waals surface area contributed by atoms with Gasteiger partial charge >= 0.3 is 0 Å². The zero-order valence-corrected chi connectivity index (χ0v) is 18.9. The number of thioether (sulfide) groups is 1. The van der Waals surface area contributed by atoms with E-state index in [4.69, 9.17) is 4.74 Å². The number of amides is 2. The van der Waals surface area contributed by atoms with E-state index in [0.717, 1.165) is 16.3 Å². The maximum absolute atomic E-state index is 13.1. The van der Waals surface area contributed by atoms with Crippen LogP contribution in [0.4, 0.5) is 0 Å². The van der Waals surface area contributed by atoms with Crippen molar-refractivity contribution in [2.45, 2.75) is 49.3 Å². The minimum absolute atomic E-state index is 0.127. The Morgan fingerprint density at radius 2 is 1.88 bits per heavy atom. The molecule has 0 saturated carbocycles. The van der Waals surface area contributed by atoms with E-state index < -0.39 is 6.04 Å². The van der Waals surface area contributed by atoms with Crippen molar-refractivity contribution in [3.05, 3.63) is 71.5 Å². The normalized spacial score (nSPS) is 21.8. The number of rotatable bonds is 0. The molecular weight excluding hydrogens is 424 g/mol. The molecule has 2 amide bonds. The van der Waals surface area contributed by atoms with Crippen molar-refractivity contribution in [2.24, 2.45) is 0 Å². The minimum atomic E-state index is -0.690. The Morgan fingerprint density at radius 1 is 1.12 bits per heavy atom. The molecule has 2 N–H and O–H groups in total. The van der Waals surface area contributed by atoms with Gasteiger partial charge in [-0.15, -0.1) is 0 Å². The lowest BCUT2D eigenvalue weighted by molar-refractivity contribution is -0.122. The number of benzene rings is 2. The average Bonchev–Trinajstić information content (AvgIpc) is 3.25. The Morgan fingerprint density at radius 3 is 2.69 bits per heavy atom. The number of ether oxygens (including phenoxy) is 1. The quantitative estimate of drug-likeness (QED) is 0.545. The predicted octanol–water partition coefficient (Wildman–Crippen LogP) is 3.90. The molecule has 0 spiro atoms. The Labute approximate surface area is 190 Å². The summed E-state index contributed by atoms with van der Waals surface area (Å²) in [6.45, 7) is 6.30. The van der Waals surface area contributed by atoms with Gasteiger partial charge in [-0.2, -0.15) is 0 Å². The maximum atomic E-state index is 13.1. The number of nitrogens with zero attached hydrogens (tertiary/aromatic N) is 2. The molecule has 2 atom stereocenters. The maximum Gasteiger partial charge on any atom is 0.270 e. The number of carbonyl (C=O) groups excluding carboxylic acids is 2. The summed E-state index contributed by atoms with van der Waals surface area (Å²) in [4.78, 5) is 30.2. The Kier molecular flexibility index (Phi) is 4.97. The molecule has 8 heteroatoms. The molecule has 7 nitrogen and oxygen atoms in total. The van der Waals surface area contributed by atoms with Crippen LogP contribution in [0.2, 0.25) is 0 Å². The van der Waals surface area contributed by atoms with Gasteiger partial charge in [0.2, 0.25) is 5.91 Å². The molecule has 0 saturated heterocycles. The number of fused-ring (bicyclic) bond motifs is 5. The molecule has 32 heavy (non-hydrogen) atoms. The van der Waals surface area contributed by atoms with Gasteiger partial charge in [-0.05, 0) is 56.2 Å². The van der Waals surface area contributed by atoms with Gasteiger partial charge in [0.15, 0.2) is 5.16 Å². The van der Waals surface area contributed by atoms with Crippen molar-refractivity contribution in [3.63, 3.8) is 0 Å². The Bertz CT molecular complexity index is 1220. The van der Waals surface area contributed by atoms with Crippen LogP contribution in [-0.2, 0) is 11.3 Å². The molecule has 2 aromatic carbocycles. The summed E-state index contributed by atoms with van der Waals surface area (Å²) in [5, 5.41) is 6.48. The fourth-order valence-corrected chi connectivity index (χ4v) is 5.50. The molecule has 164 valence electrons. The van der Waals surface area contributed by atoms with E-state index in [1.807, 2.05) is 53.1 Å². The van der Waals surface area contributed by atoms with Gasteiger partial charge in [0.1, 0.15) is 23.2 Å². The van der Waals surface area contributed by atoms with Crippen molar-refractivity contribution in [1.29, 1.82) is 0 Å². The zero-order chi connectivity index (χ0) is 22.5. The number of nitrogens with one attached hydrogen (secondary N) is 2. The third-order valence-electron chi connectivity index (χ3n) is 5.78. The third kappa shape index (κ3) is 3.64. The number of hydrogen-bond acceptors (Lipinski definition) is 5. The van der Waals surface area contributed by atoms with Crippen LogP contribution in [0.1, 0.15) is 48.4 Å². The SMILES string of the molecule is CC1NC(=O)c2cnc3n2C(c2cccc(c2)Oc2cccc(c2)CNC1=O)C(C)(C)S3. The zero-order valence-electron chi connectivity index (χ0n) is 18.1. The third-order valence-corrected chi connectivity index (χ3v) is 7.02. The second-order valence-corrected chi connectivity index (χ2v) is 10.3. The van der Waals surface area contributed by atoms with Crippen LogP contribution in [0.25, 0.3) is 0 Å². The summed E-state index contributed by atoms with van der Waals surface area (Å²) in [6, 6.07) is 14.8. The number of imidazole rings is 1. The molecule has 0 radical (unpaired) electrons. The average molecular weight is 449 g/mol. The van der Waals surface area contributed by atoms with Gasteiger partial charge in [-0.25, -0.2) is 4.98 Å². The highest BCUT2D eigenvalue weighted by atomic mass is 32.2. The van der Waals surface area contributed by atoms with E-state index in [0.29, 0.717) is 23.7 Å². The predicted molar refractivity (Wildman–Crippen MR) is 122 cm³/mol. The molecule has 2 aliphatic rings. The van der Waals surface area contributed by atoms with E-state index >= 15 is 0 Å². The molecule has 2 unspecified atom stereocenters. The molecule has 3 aromatic rings. The molecule has 2 aliphatic heterocycles. The van der Waals surface area contributed by atoms with Gasteiger partial charge in [-0.3, -0.25) is 9.59 Å². The van der Waals surface area contributed by atoms with Crippen LogP contribution >= 0.6 is 11.8 Å². The molecule has 1 aromatic heterocycles. The lowest BCUT2D eigenvalue weighted by Gasteiger charge is -2.28. The van der Waals surface area contributed by atoms with Gasteiger partial charge in [0.25, 0.3) is 5.91 Å². The first-order valence-electron chi connectivity index (χ1n) is 10.5. The summed E-state index contributed by atoms with van der Waals surface area (Å²) >= 11 is 1.63. The molecule has 5 rings (SSSR count). The first-order chi connectivity index (χ1) is 15.3. The van der Waals surface area contributed by atoms with Gasteiger partial charge in [0, 0.05) is 11.3 Å². The Balaban J connectivity index is 1.64. The Hall–Kier alpha value is -3.26. The van der Waals surface area contributed by atoms with Crippen LogP contribution < -0.4 is 15.4 Å². The van der Waals surface area contributed by atoms with Gasteiger partial charge in [0.05, 0.1) is 12.2 Å². The van der Waals surface area contributed by atoms with E-state index in [-0.39, 0.29) is 22.6 Å². The molecule has 4 bridgehead atoms. The van der Waals surface area contributed by atoms with E-state index in [1.54, 1.807) is 24.9 Å². The van der Waals surface area contributed by atoms with Crippen molar-refractivity contribution in [2.75, 3.05) is 0 Å². The summed E-state index contributed by atoms with van der Waals surface area (Å²) in [5.74, 6) is 0.835. The second kappa shape index (κ2) is 7.70. The fraction of sp³-hybridized carbons (Fsp3) is 0.292. The minimum Gasteiger partial charge on any atom is -0.457 e. The van der Waals surface area contributed by atoms with Crippen LogP contribution in [-0.4, -0.2) is 32.2 Å². The molecule has 0 aliphatic carbocycles. The smallest absolute Gasteiger partial charge is 0.270 e. The number of aromatic nitrogens is 2. The summed E-state index contributed by atoms with van der Waals surface area (Å²) < 4.78 is 7.89. The fourth-order valence-electron chi connectivity index (χ4n) is 4.27. The van der Waals surface area contributed by atoms with E-state index in [2.05, 4.69) is 29.5 Å². The highest BCUT2D eigenvalue weighted by Crippen LogP contribution is 2.51. The number of hydrogen-bond donors (Lipinski definition) is 2. The first kappa shape index (κ1) is 20.6. The van der Waals surface area contributed by atoms with Crippen molar-refractivity contribution in [3.8, 4) is 11.5 Å². The highest BCUT2D eigenvalue weighted by molar-refractivity contribution is 8.00. The highest BCUT2D eigenvalue weighted by Gasteiger charge is 2.44. The first-order valence-corrected chi connectivity index (χ1v) is 11.3. The van der Waals surface area contributed by atoms with Gasteiger partial charge < -0.3 is 19.9 Å². The molecular formula is C24H24N4O3S. The van der Waals surface area contributed by atoms with Crippen LogP contribution in [0.5, 0.6) is 11.5 Å². The van der Waals surface area contributed by atoms with Crippen LogP contribution in [0.15, 0.2) is 59.9 Å². The van der Waals surface area contributed by atoms with Crippen molar-refractivity contribution < 1.29 is 14.3 Å². The van der Waals surface area contributed by atoms with Crippen LogP contribution in [0, 0.1) is 0 Å². The summed E-state index contributed by atoms with van der Waals surface area (Å²) in [7, 11) is 0. The monoisotopic (exact) mass is 448 g/mol. The largest absolute Gasteiger partial charge is 0.457 e. The van der Waals surface area contributed by atoms with Gasteiger partial charge in [-0.1, -0.05) is 36.0 Å². The van der Waals surface area contributed by atoms with Crippen molar-refractivity contribution in [1.82, 2.24) is 20.2 Å². The lowest BCUT2D eigenvalue weighted by Crippen LogP contribution is -2.45. The summed E-state index contributed by atoms with van der Waals surface area (Å²) in [5.41, 5.74) is 2.37. The lowest BCUT2D eigenvalue weighted by atomic mass is 9.94. The van der Waals surface area contributed by atoms with E-state index in [1.165, 1.54) is 0 Å². The molecule has 0 fully saturated rings. The molecule has 3 heterocycles. The van der Waals surface area contributed by atoms with Crippen molar-refractivity contribution >= 4 is 23.6 Å². The number of carbonyl (C=O) groups is 2. The summed E-state index contributed by atoms with van der Waals surface area (Å²) in [6.07, 6.45) is 1.58. The topological polar surface area (TPSA) is 85.2 Å². The standard InChI is InChI=1S/C24H24N4O3S/c1-14-21(29)25-12-15-6-4-8-17(10-15)31-18-9-5-7-16(11-18)20-24(2,3)32-23-26-13-19(28(20)23)22(30)27-14/h4-11,13-14,20H,12H2,1-3H3,(H,25,29)(H,27,30). The van der Waals surface area contributed by atoms with Crippen LogP contribution in [0.3, 0.4) is 0 Å². The second-order valence-electron chi connectivity index (χ2n) is 8.64. The van der Waals surface area contributed by atoms with E-state index in [9.17, 15) is 9.59 Å².